The van der Waals surface area contributed by atoms with Crippen molar-refractivity contribution < 1.29 is 9.90 Å². The van der Waals surface area contributed by atoms with Gasteiger partial charge in [-0.05, 0) is 24.6 Å². The molecule has 0 fully saturated rings. The molecule has 20 heavy (non-hydrogen) atoms. The summed E-state index contributed by atoms with van der Waals surface area (Å²) in [5.74, 6) is -0.157. The van der Waals surface area contributed by atoms with Gasteiger partial charge in [-0.3, -0.25) is 9.36 Å². The Hall–Kier alpha value is -1.53. The first-order chi connectivity index (χ1) is 9.52. The largest absolute Gasteiger partial charge is 0.481 e. The second-order valence-electron chi connectivity index (χ2n) is 4.20. The maximum Gasteiger partial charge on any atom is 0.313 e. The highest BCUT2D eigenvalue weighted by atomic mass is 35.5. The lowest BCUT2D eigenvalue weighted by Gasteiger charge is -2.12. The van der Waals surface area contributed by atoms with Crippen LogP contribution in [-0.2, 0) is 11.2 Å². The van der Waals surface area contributed by atoms with Gasteiger partial charge in [0.1, 0.15) is 5.82 Å². The quantitative estimate of drug-likeness (QED) is 0.860. The SMILES string of the molecule is CCc1nnc(SCC(=O)O)n1-c1cc(Cl)ccc1C. The van der Waals surface area contributed by atoms with Gasteiger partial charge in [-0.25, -0.2) is 0 Å². The van der Waals surface area contributed by atoms with Gasteiger partial charge in [-0.2, -0.15) is 0 Å². The highest BCUT2D eigenvalue weighted by Gasteiger charge is 2.16. The van der Waals surface area contributed by atoms with Crippen molar-refractivity contribution in [2.75, 3.05) is 5.75 Å². The summed E-state index contributed by atoms with van der Waals surface area (Å²) in [5.41, 5.74) is 1.91. The number of carbonyl (C=O) groups is 1. The Kier molecular flexibility index (Phi) is 4.67. The summed E-state index contributed by atoms with van der Waals surface area (Å²) in [4.78, 5) is 10.7. The molecule has 0 amide bonds. The fraction of sp³-hybridized carbons (Fsp3) is 0.308. The molecule has 1 aromatic heterocycles. The molecule has 106 valence electrons. The normalized spacial score (nSPS) is 10.8. The first kappa shape index (κ1) is 14.9. The minimum atomic E-state index is -0.884. The van der Waals surface area contributed by atoms with Crippen LogP contribution in [-0.4, -0.2) is 31.6 Å². The summed E-state index contributed by atoms with van der Waals surface area (Å²) in [6, 6.07) is 5.58. The number of carboxylic acids is 1. The lowest BCUT2D eigenvalue weighted by atomic mass is 10.2. The number of aromatic nitrogens is 3. The Morgan fingerprint density at radius 1 is 1.45 bits per heavy atom. The molecule has 0 aliphatic rings. The lowest BCUT2D eigenvalue weighted by molar-refractivity contribution is -0.133. The van der Waals surface area contributed by atoms with Crippen LogP contribution >= 0.6 is 23.4 Å². The van der Waals surface area contributed by atoms with Crippen LogP contribution in [0.15, 0.2) is 23.4 Å². The molecule has 1 aromatic carbocycles. The van der Waals surface area contributed by atoms with E-state index in [-0.39, 0.29) is 5.75 Å². The van der Waals surface area contributed by atoms with Crippen molar-refractivity contribution in [1.82, 2.24) is 14.8 Å². The number of aryl methyl sites for hydroxylation is 2. The van der Waals surface area contributed by atoms with Gasteiger partial charge in [0.2, 0.25) is 0 Å². The van der Waals surface area contributed by atoms with E-state index in [2.05, 4.69) is 10.2 Å². The summed E-state index contributed by atoms with van der Waals surface area (Å²) >= 11 is 7.20. The van der Waals surface area contributed by atoms with Gasteiger partial charge in [0.05, 0.1) is 11.4 Å². The predicted octanol–water partition coefficient (Wildman–Crippen LogP) is 2.97. The molecular weight excluding hydrogens is 298 g/mol. The van der Waals surface area contributed by atoms with E-state index in [0.717, 1.165) is 28.8 Å². The summed E-state index contributed by atoms with van der Waals surface area (Å²) in [5, 5.41) is 18.2. The standard InChI is InChI=1S/C13H14ClN3O2S/c1-3-11-15-16-13(20-7-12(18)19)17(11)10-6-9(14)5-4-8(10)2/h4-6H,3,7H2,1-2H3,(H,18,19). The molecule has 0 bridgehead atoms. The summed E-state index contributed by atoms with van der Waals surface area (Å²) in [6.07, 6.45) is 0.701. The van der Waals surface area contributed by atoms with Crippen molar-refractivity contribution in [3.63, 3.8) is 0 Å². The third kappa shape index (κ3) is 3.13. The monoisotopic (exact) mass is 311 g/mol. The minimum absolute atomic E-state index is 0.0541. The van der Waals surface area contributed by atoms with E-state index in [0.29, 0.717) is 16.6 Å². The second kappa shape index (κ2) is 6.28. The molecule has 2 aromatic rings. The molecule has 0 aliphatic carbocycles. The molecule has 0 unspecified atom stereocenters. The average molecular weight is 312 g/mol. The average Bonchev–Trinajstić information content (AvgIpc) is 2.82. The van der Waals surface area contributed by atoms with Crippen LogP contribution in [0.5, 0.6) is 0 Å². The van der Waals surface area contributed by atoms with Gasteiger partial charge in [0.25, 0.3) is 0 Å². The second-order valence-corrected chi connectivity index (χ2v) is 5.58. The molecule has 7 heteroatoms. The summed E-state index contributed by atoms with van der Waals surface area (Å²) in [7, 11) is 0. The number of halogens is 1. The summed E-state index contributed by atoms with van der Waals surface area (Å²) < 4.78 is 1.87. The Morgan fingerprint density at radius 3 is 2.85 bits per heavy atom. The summed E-state index contributed by atoms with van der Waals surface area (Å²) in [6.45, 7) is 3.95. The zero-order valence-electron chi connectivity index (χ0n) is 11.1. The molecule has 1 heterocycles. The van der Waals surface area contributed by atoms with E-state index < -0.39 is 5.97 Å². The molecule has 5 nitrogen and oxygen atoms in total. The highest BCUT2D eigenvalue weighted by Crippen LogP contribution is 2.26. The topological polar surface area (TPSA) is 68.0 Å². The molecule has 0 atom stereocenters. The van der Waals surface area contributed by atoms with Gasteiger partial charge >= 0.3 is 5.97 Å². The number of carboxylic acid groups (broad SMARTS) is 1. The van der Waals surface area contributed by atoms with Crippen molar-refractivity contribution >= 4 is 29.3 Å². The Bertz CT molecular complexity index is 643. The number of rotatable bonds is 5. The number of nitrogens with zero attached hydrogens (tertiary/aromatic N) is 3. The number of aliphatic carboxylic acids is 1. The number of benzene rings is 1. The lowest BCUT2D eigenvalue weighted by Crippen LogP contribution is -2.05. The van der Waals surface area contributed by atoms with Gasteiger partial charge in [-0.15, -0.1) is 10.2 Å². The van der Waals surface area contributed by atoms with Crippen LogP contribution < -0.4 is 0 Å². The van der Waals surface area contributed by atoms with Gasteiger partial charge in [-0.1, -0.05) is 36.4 Å². The van der Waals surface area contributed by atoms with Crippen molar-refractivity contribution in [3.8, 4) is 5.69 Å². The number of thioether (sulfide) groups is 1. The van der Waals surface area contributed by atoms with Crippen LogP contribution in [0.3, 0.4) is 0 Å². The fourth-order valence-corrected chi connectivity index (χ4v) is 2.66. The molecule has 0 saturated heterocycles. The maximum atomic E-state index is 10.7. The Balaban J connectivity index is 2.50. The van der Waals surface area contributed by atoms with Crippen LogP contribution in [0.2, 0.25) is 5.02 Å². The maximum absolute atomic E-state index is 10.7. The van der Waals surface area contributed by atoms with E-state index in [1.54, 1.807) is 0 Å². The molecular formula is C13H14ClN3O2S. The van der Waals surface area contributed by atoms with E-state index in [4.69, 9.17) is 16.7 Å². The highest BCUT2D eigenvalue weighted by molar-refractivity contribution is 7.99. The van der Waals surface area contributed by atoms with Crippen molar-refractivity contribution in [2.24, 2.45) is 0 Å². The fourth-order valence-electron chi connectivity index (χ4n) is 1.81. The zero-order chi connectivity index (χ0) is 14.7. The molecule has 1 N–H and O–H groups in total. The van der Waals surface area contributed by atoms with E-state index in [1.165, 1.54) is 0 Å². The van der Waals surface area contributed by atoms with E-state index >= 15 is 0 Å². The minimum Gasteiger partial charge on any atom is -0.481 e. The molecule has 0 radical (unpaired) electrons. The molecule has 0 aliphatic heterocycles. The van der Waals surface area contributed by atoms with Gasteiger partial charge in [0.15, 0.2) is 5.16 Å². The molecule has 0 saturated carbocycles. The molecule has 2 rings (SSSR count). The van der Waals surface area contributed by atoms with Gasteiger partial charge < -0.3 is 5.11 Å². The smallest absolute Gasteiger partial charge is 0.313 e. The van der Waals surface area contributed by atoms with E-state index in [9.17, 15) is 4.79 Å². The first-order valence-corrected chi connectivity index (χ1v) is 7.44. The molecule has 0 spiro atoms. The third-order valence-electron chi connectivity index (χ3n) is 2.75. The zero-order valence-corrected chi connectivity index (χ0v) is 12.7. The van der Waals surface area contributed by atoms with Crippen molar-refractivity contribution in [2.45, 2.75) is 25.4 Å². The number of hydrogen-bond donors (Lipinski definition) is 1. The first-order valence-electron chi connectivity index (χ1n) is 6.08. The van der Waals surface area contributed by atoms with Crippen molar-refractivity contribution in [3.05, 3.63) is 34.6 Å². The van der Waals surface area contributed by atoms with Gasteiger partial charge in [0, 0.05) is 11.4 Å². The van der Waals surface area contributed by atoms with Crippen LogP contribution in [0, 0.1) is 6.92 Å². The van der Waals surface area contributed by atoms with Crippen LogP contribution in [0.4, 0.5) is 0 Å². The van der Waals surface area contributed by atoms with Crippen LogP contribution in [0.25, 0.3) is 5.69 Å². The third-order valence-corrected chi connectivity index (χ3v) is 3.90. The van der Waals surface area contributed by atoms with E-state index in [1.807, 2.05) is 36.6 Å². The Morgan fingerprint density at radius 2 is 2.20 bits per heavy atom. The number of hydrogen-bond acceptors (Lipinski definition) is 4. The Labute approximate surface area is 126 Å². The predicted molar refractivity (Wildman–Crippen MR) is 78.8 cm³/mol. The van der Waals surface area contributed by atoms with Crippen LogP contribution in [0.1, 0.15) is 18.3 Å². The van der Waals surface area contributed by atoms with Crippen molar-refractivity contribution in [1.29, 1.82) is 0 Å².